The molecule has 8 bridgehead atoms. The molecule has 10 rings (SSSR count). The first-order valence-electron chi connectivity index (χ1n) is 15.3. The first-order valence-corrected chi connectivity index (χ1v) is 15.3. The molecule has 2 heteroatoms. The Hall–Kier alpha value is -1.64. The lowest BCUT2D eigenvalue weighted by atomic mass is 9.53. The second kappa shape index (κ2) is 8.43. The van der Waals surface area contributed by atoms with E-state index < -0.39 is 0 Å². The summed E-state index contributed by atoms with van der Waals surface area (Å²) < 4.78 is 0. The summed E-state index contributed by atoms with van der Waals surface area (Å²) >= 11 is 0. The van der Waals surface area contributed by atoms with E-state index in [-0.39, 0.29) is 0 Å². The average molecular weight is 481 g/mol. The second-order valence-corrected chi connectivity index (χ2v) is 14.5. The quantitative estimate of drug-likeness (QED) is 0.429. The summed E-state index contributed by atoms with van der Waals surface area (Å²) in [5.41, 5.74) is 6.46. The van der Waals surface area contributed by atoms with Crippen LogP contribution in [0.3, 0.4) is 0 Å². The zero-order valence-electron chi connectivity index (χ0n) is 22.0. The lowest BCUT2D eigenvalue weighted by molar-refractivity contribution is -0.0207. The van der Waals surface area contributed by atoms with Crippen LogP contribution in [0.5, 0.6) is 0 Å². The zero-order valence-corrected chi connectivity index (χ0v) is 22.0. The fourth-order valence-corrected chi connectivity index (χ4v) is 10.9. The Bertz CT molecular complexity index is 937. The van der Waals surface area contributed by atoms with Crippen molar-refractivity contribution in [2.24, 2.45) is 35.5 Å². The smallest absolute Gasteiger partial charge is 0.0210 e. The van der Waals surface area contributed by atoms with Gasteiger partial charge in [0.1, 0.15) is 0 Å². The number of nitrogens with one attached hydrogen (secondary N) is 2. The van der Waals surface area contributed by atoms with E-state index >= 15 is 0 Å². The molecular weight excluding hydrogens is 436 g/mol. The topological polar surface area (TPSA) is 24.1 Å². The Morgan fingerprint density at radius 1 is 0.444 bits per heavy atom. The first-order chi connectivity index (χ1) is 17.6. The minimum absolute atomic E-state index is 0.452. The van der Waals surface area contributed by atoms with E-state index in [1.807, 2.05) is 0 Å². The van der Waals surface area contributed by atoms with Crippen LogP contribution in [0.15, 0.2) is 48.5 Å². The lowest BCUT2D eigenvalue weighted by Gasteiger charge is -2.57. The van der Waals surface area contributed by atoms with Crippen LogP contribution < -0.4 is 10.6 Å². The van der Waals surface area contributed by atoms with Crippen LogP contribution in [0.4, 0.5) is 0 Å². The van der Waals surface area contributed by atoms with Crippen LogP contribution in [-0.2, 0) is 13.1 Å². The molecule has 2 aromatic rings. The van der Waals surface area contributed by atoms with Gasteiger partial charge in [-0.2, -0.15) is 0 Å². The third-order valence-corrected chi connectivity index (χ3v) is 11.7. The fraction of sp³-hybridized carbons (Fsp3) is 0.647. The Kier molecular flexibility index (Phi) is 5.24. The third kappa shape index (κ3) is 4.08. The largest absolute Gasteiger partial charge is 0.307 e. The Morgan fingerprint density at radius 2 is 0.722 bits per heavy atom. The van der Waals surface area contributed by atoms with Gasteiger partial charge in [-0.15, -0.1) is 0 Å². The van der Waals surface area contributed by atoms with Gasteiger partial charge in [-0.05, 0) is 135 Å². The Balaban J connectivity index is 0.883. The summed E-state index contributed by atoms with van der Waals surface area (Å²) in [4.78, 5) is 0. The Labute approximate surface area is 218 Å². The van der Waals surface area contributed by atoms with Gasteiger partial charge in [0.05, 0.1) is 0 Å². The van der Waals surface area contributed by atoms with E-state index in [0.29, 0.717) is 11.1 Å². The third-order valence-electron chi connectivity index (χ3n) is 11.7. The molecule has 8 fully saturated rings. The van der Waals surface area contributed by atoms with Crippen molar-refractivity contribution in [1.82, 2.24) is 10.6 Å². The molecule has 2 nitrogen and oxygen atoms in total. The van der Waals surface area contributed by atoms with Crippen LogP contribution in [0.25, 0.3) is 11.1 Å². The van der Waals surface area contributed by atoms with Gasteiger partial charge in [0.15, 0.2) is 0 Å². The summed E-state index contributed by atoms with van der Waals surface area (Å²) in [6.07, 6.45) is 17.7. The van der Waals surface area contributed by atoms with Crippen LogP contribution in [0, 0.1) is 35.5 Å². The predicted octanol–water partition coefficient (Wildman–Crippen LogP) is 7.47. The molecule has 8 aliphatic carbocycles. The van der Waals surface area contributed by atoms with Crippen molar-refractivity contribution >= 4 is 0 Å². The van der Waals surface area contributed by atoms with Crippen LogP contribution >= 0.6 is 0 Å². The summed E-state index contributed by atoms with van der Waals surface area (Å²) in [6.45, 7) is 2.06. The SMILES string of the molecule is c1cc(-c2ccc(CNC34CC5CC(CC(C5)C3)C4)cc2)ccc1CNC12CC3CC(CC(C3)C1)C2. The van der Waals surface area contributed by atoms with Crippen molar-refractivity contribution in [2.75, 3.05) is 0 Å². The van der Waals surface area contributed by atoms with E-state index in [0.717, 1.165) is 48.6 Å². The van der Waals surface area contributed by atoms with Crippen LogP contribution in [-0.4, -0.2) is 11.1 Å². The molecule has 0 heterocycles. The molecule has 0 radical (unpaired) electrons. The number of hydrogen-bond acceptors (Lipinski definition) is 2. The fourth-order valence-electron chi connectivity index (χ4n) is 10.9. The summed E-state index contributed by atoms with van der Waals surface area (Å²) in [6, 6.07) is 18.7. The predicted molar refractivity (Wildman–Crippen MR) is 147 cm³/mol. The van der Waals surface area contributed by atoms with E-state index in [9.17, 15) is 0 Å². The van der Waals surface area contributed by atoms with Crippen molar-refractivity contribution in [3.8, 4) is 11.1 Å². The van der Waals surface area contributed by atoms with Gasteiger partial charge in [-0.25, -0.2) is 0 Å². The highest BCUT2D eigenvalue weighted by molar-refractivity contribution is 5.64. The number of rotatable bonds is 7. The lowest BCUT2D eigenvalue weighted by Crippen LogP contribution is -2.58. The molecule has 0 saturated heterocycles. The molecule has 0 amide bonds. The van der Waals surface area contributed by atoms with Crippen molar-refractivity contribution in [3.63, 3.8) is 0 Å². The van der Waals surface area contributed by atoms with E-state index in [4.69, 9.17) is 0 Å². The summed E-state index contributed by atoms with van der Waals surface area (Å²) in [5.74, 6) is 6.07. The summed E-state index contributed by atoms with van der Waals surface area (Å²) in [7, 11) is 0. The number of hydrogen-bond donors (Lipinski definition) is 2. The van der Waals surface area contributed by atoms with Gasteiger partial charge in [-0.1, -0.05) is 48.5 Å². The molecule has 2 aromatic carbocycles. The van der Waals surface area contributed by atoms with Gasteiger partial charge in [0.25, 0.3) is 0 Å². The van der Waals surface area contributed by atoms with Gasteiger partial charge >= 0.3 is 0 Å². The standard InChI is InChI=1S/C34H44N2/c1-5-31(6-2-23(1)21-35-33-15-25-9-26(16-33)11-27(10-25)17-33)32-7-3-24(4-8-32)22-36-34-18-28-12-29(19-34)14-30(13-28)20-34/h1-8,25-30,35-36H,9-22H2. The molecule has 0 spiro atoms. The molecule has 8 aliphatic rings. The molecule has 36 heavy (non-hydrogen) atoms. The molecular formula is C34H44N2. The van der Waals surface area contributed by atoms with Gasteiger partial charge in [0.2, 0.25) is 0 Å². The molecule has 0 atom stereocenters. The van der Waals surface area contributed by atoms with Gasteiger partial charge in [0, 0.05) is 24.2 Å². The monoisotopic (exact) mass is 480 g/mol. The highest BCUT2D eigenvalue weighted by Crippen LogP contribution is 2.56. The van der Waals surface area contributed by atoms with Crippen molar-refractivity contribution in [2.45, 2.75) is 101 Å². The molecule has 2 N–H and O–H groups in total. The molecule has 190 valence electrons. The van der Waals surface area contributed by atoms with E-state index in [1.54, 1.807) is 0 Å². The highest BCUT2D eigenvalue weighted by Gasteiger charge is 2.51. The van der Waals surface area contributed by atoms with Crippen molar-refractivity contribution in [1.29, 1.82) is 0 Å². The van der Waals surface area contributed by atoms with Crippen molar-refractivity contribution < 1.29 is 0 Å². The van der Waals surface area contributed by atoms with Crippen LogP contribution in [0.2, 0.25) is 0 Å². The second-order valence-electron chi connectivity index (χ2n) is 14.5. The number of benzene rings is 2. The van der Waals surface area contributed by atoms with Gasteiger partial charge in [-0.3, -0.25) is 0 Å². The maximum atomic E-state index is 4.06. The first kappa shape index (κ1) is 22.4. The van der Waals surface area contributed by atoms with Crippen molar-refractivity contribution in [3.05, 3.63) is 59.7 Å². The minimum Gasteiger partial charge on any atom is -0.307 e. The van der Waals surface area contributed by atoms with E-state index in [1.165, 1.54) is 99.3 Å². The highest BCUT2D eigenvalue weighted by atomic mass is 15.0. The molecule has 0 aliphatic heterocycles. The minimum atomic E-state index is 0.452. The van der Waals surface area contributed by atoms with E-state index in [2.05, 4.69) is 59.2 Å². The van der Waals surface area contributed by atoms with Gasteiger partial charge < -0.3 is 10.6 Å². The summed E-state index contributed by atoms with van der Waals surface area (Å²) in [5, 5.41) is 8.13. The Morgan fingerprint density at radius 3 is 1.00 bits per heavy atom. The molecule has 0 unspecified atom stereocenters. The molecule has 8 saturated carbocycles. The average Bonchev–Trinajstić information content (AvgIpc) is 2.86. The maximum Gasteiger partial charge on any atom is 0.0210 e. The maximum absolute atomic E-state index is 4.06. The van der Waals surface area contributed by atoms with Crippen LogP contribution in [0.1, 0.15) is 88.2 Å². The zero-order chi connectivity index (χ0) is 23.7. The normalized spacial score (nSPS) is 41.8. The molecule has 0 aromatic heterocycles.